The highest BCUT2D eigenvalue weighted by molar-refractivity contribution is 6.14. The summed E-state index contributed by atoms with van der Waals surface area (Å²) in [5.74, 6) is 0.918. The first-order valence-electron chi connectivity index (χ1n) is 11.9. The molecule has 7 aromatic rings. The van der Waals surface area contributed by atoms with Crippen molar-refractivity contribution in [2.45, 2.75) is 0 Å². The fourth-order valence-corrected chi connectivity index (χ4v) is 5.65. The number of fused-ring (bicyclic) bond motifs is 6. The normalized spacial score (nSPS) is 12.0. The minimum atomic E-state index is 0.918. The maximum absolute atomic E-state index is 5.24. The summed E-state index contributed by atoms with van der Waals surface area (Å²) in [6, 6.07) is 38.7. The summed E-state index contributed by atoms with van der Waals surface area (Å²) < 4.78 is 2.29. The molecule has 8 rings (SSSR count). The Balaban J connectivity index is 1.45. The van der Waals surface area contributed by atoms with Crippen LogP contribution in [0.2, 0.25) is 0 Å². The number of benzene rings is 4. The van der Waals surface area contributed by atoms with Gasteiger partial charge in [-0.1, -0.05) is 78.9 Å². The Morgan fingerprint density at radius 3 is 2.31 bits per heavy atom. The van der Waals surface area contributed by atoms with Crippen LogP contribution in [0.1, 0.15) is 0 Å². The highest BCUT2D eigenvalue weighted by atomic mass is 15.1. The van der Waals surface area contributed by atoms with Crippen molar-refractivity contribution < 1.29 is 0 Å². The highest BCUT2D eigenvalue weighted by Gasteiger charge is 2.25. The Kier molecular flexibility index (Phi) is 3.66. The molecule has 3 heteroatoms. The molecule has 0 radical (unpaired) electrons. The van der Waals surface area contributed by atoms with E-state index in [0.717, 1.165) is 33.8 Å². The van der Waals surface area contributed by atoms with E-state index in [1.807, 2.05) is 12.3 Å². The number of hydrogen-bond donors (Lipinski definition) is 0. The molecule has 162 valence electrons. The van der Waals surface area contributed by atoms with E-state index in [4.69, 9.17) is 9.97 Å². The van der Waals surface area contributed by atoms with Crippen molar-refractivity contribution in [3.63, 3.8) is 0 Å². The standard InChI is InChI=1S/C32H19N3/c1-2-8-20(9-3-1)21-15-16-28-26(18-21)23-11-4-5-14-27(23)35(28)29-19-22-10-6-12-24-25-13-7-17-33-31(25)32(34-29)30(22)24/h1-19H. The van der Waals surface area contributed by atoms with Gasteiger partial charge in [-0.3, -0.25) is 9.55 Å². The topological polar surface area (TPSA) is 30.7 Å². The number of hydrogen-bond acceptors (Lipinski definition) is 2. The van der Waals surface area contributed by atoms with Crippen LogP contribution in [0.15, 0.2) is 115 Å². The van der Waals surface area contributed by atoms with Crippen molar-refractivity contribution in [1.29, 1.82) is 0 Å². The minimum absolute atomic E-state index is 0.918. The predicted octanol–water partition coefficient (Wildman–Crippen LogP) is 8.04. The molecule has 0 aliphatic heterocycles. The van der Waals surface area contributed by atoms with Gasteiger partial charge in [-0.15, -0.1) is 0 Å². The quantitative estimate of drug-likeness (QED) is 0.269. The third-order valence-corrected chi connectivity index (χ3v) is 7.18. The van der Waals surface area contributed by atoms with Crippen molar-refractivity contribution in [2.24, 2.45) is 0 Å². The van der Waals surface area contributed by atoms with Crippen molar-refractivity contribution >= 4 is 32.6 Å². The summed E-state index contributed by atoms with van der Waals surface area (Å²) in [7, 11) is 0. The summed E-state index contributed by atoms with van der Waals surface area (Å²) in [4.78, 5) is 9.96. The maximum Gasteiger partial charge on any atom is 0.139 e. The zero-order valence-electron chi connectivity index (χ0n) is 18.8. The van der Waals surface area contributed by atoms with Crippen LogP contribution in [0.5, 0.6) is 0 Å². The number of pyridine rings is 2. The fourth-order valence-electron chi connectivity index (χ4n) is 5.65. The Hall–Kier alpha value is -4.76. The van der Waals surface area contributed by atoms with Crippen LogP contribution < -0.4 is 0 Å². The zero-order chi connectivity index (χ0) is 22.9. The predicted molar refractivity (Wildman–Crippen MR) is 144 cm³/mol. The lowest BCUT2D eigenvalue weighted by molar-refractivity contribution is 1.09. The first-order valence-corrected chi connectivity index (χ1v) is 11.9. The average molecular weight is 446 g/mol. The van der Waals surface area contributed by atoms with Gasteiger partial charge in [-0.05, 0) is 52.4 Å². The third-order valence-electron chi connectivity index (χ3n) is 7.18. The van der Waals surface area contributed by atoms with Crippen molar-refractivity contribution in [2.75, 3.05) is 0 Å². The Morgan fingerprint density at radius 2 is 1.37 bits per heavy atom. The van der Waals surface area contributed by atoms with Gasteiger partial charge in [0.2, 0.25) is 0 Å². The summed E-state index contributed by atoms with van der Waals surface area (Å²) in [5, 5.41) is 4.84. The van der Waals surface area contributed by atoms with Gasteiger partial charge >= 0.3 is 0 Å². The van der Waals surface area contributed by atoms with Gasteiger partial charge in [-0.2, -0.15) is 0 Å². The van der Waals surface area contributed by atoms with Crippen LogP contribution in [0.25, 0.3) is 72.0 Å². The molecule has 0 bridgehead atoms. The molecule has 3 nitrogen and oxygen atoms in total. The van der Waals surface area contributed by atoms with E-state index < -0.39 is 0 Å². The summed E-state index contributed by atoms with van der Waals surface area (Å²) in [6.07, 6.45) is 1.86. The van der Waals surface area contributed by atoms with E-state index in [9.17, 15) is 0 Å². The molecular formula is C32H19N3. The average Bonchev–Trinajstić information content (AvgIpc) is 3.43. The second-order valence-electron chi connectivity index (χ2n) is 9.08. The molecular weight excluding hydrogens is 426 g/mol. The Morgan fingerprint density at radius 1 is 0.543 bits per heavy atom. The molecule has 0 spiro atoms. The first-order chi connectivity index (χ1) is 17.4. The second kappa shape index (κ2) is 6.87. The number of nitrogens with zero attached hydrogens (tertiary/aromatic N) is 3. The van der Waals surface area contributed by atoms with Crippen molar-refractivity contribution in [3.8, 4) is 39.5 Å². The van der Waals surface area contributed by atoms with Gasteiger partial charge < -0.3 is 0 Å². The van der Waals surface area contributed by atoms with Gasteiger partial charge in [0.05, 0.1) is 16.7 Å². The Bertz CT molecular complexity index is 1950. The summed E-state index contributed by atoms with van der Waals surface area (Å²) in [5.41, 5.74) is 9.06. The molecule has 0 saturated carbocycles. The zero-order valence-corrected chi connectivity index (χ0v) is 18.8. The highest BCUT2D eigenvalue weighted by Crippen LogP contribution is 2.46. The van der Waals surface area contributed by atoms with Crippen LogP contribution >= 0.6 is 0 Å². The monoisotopic (exact) mass is 445 g/mol. The van der Waals surface area contributed by atoms with E-state index in [0.29, 0.717) is 0 Å². The fraction of sp³-hybridized carbons (Fsp3) is 0. The molecule has 1 aliphatic carbocycles. The lowest BCUT2D eigenvalue weighted by Crippen LogP contribution is -1.99. The van der Waals surface area contributed by atoms with Gasteiger partial charge in [0, 0.05) is 27.9 Å². The van der Waals surface area contributed by atoms with Crippen LogP contribution in [0.4, 0.5) is 0 Å². The van der Waals surface area contributed by atoms with Crippen LogP contribution in [-0.4, -0.2) is 14.5 Å². The molecule has 3 heterocycles. The third kappa shape index (κ3) is 2.55. The molecule has 1 aliphatic rings. The van der Waals surface area contributed by atoms with E-state index in [1.165, 1.54) is 38.2 Å². The smallest absolute Gasteiger partial charge is 0.139 e. The van der Waals surface area contributed by atoms with Crippen LogP contribution in [-0.2, 0) is 0 Å². The lowest BCUT2D eigenvalue weighted by Gasteiger charge is -2.10. The molecule has 0 N–H and O–H groups in total. The summed E-state index contributed by atoms with van der Waals surface area (Å²) >= 11 is 0. The molecule has 0 unspecified atom stereocenters. The van der Waals surface area contributed by atoms with Gasteiger partial charge in [0.15, 0.2) is 0 Å². The van der Waals surface area contributed by atoms with Crippen LogP contribution in [0, 0.1) is 0 Å². The molecule has 4 aromatic carbocycles. The number of rotatable bonds is 2. The van der Waals surface area contributed by atoms with Crippen molar-refractivity contribution in [1.82, 2.24) is 14.5 Å². The maximum atomic E-state index is 5.24. The number of aromatic nitrogens is 3. The Labute approximate surface area is 202 Å². The van der Waals surface area contributed by atoms with E-state index in [-0.39, 0.29) is 0 Å². The van der Waals surface area contributed by atoms with Crippen LogP contribution in [0.3, 0.4) is 0 Å². The first kappa shape index (κ1) is 18.6. The van der Waals surface area contributed by atoms with E-state index >= 15 is 0 Å². The number of para-hydroxylation sites is 1. The molecule has 0 amide bonds. The van der Waals surface area contributed by atoms with Gasteiger partial charge in [0.1, 0.15) is 11.5 Å². The van der Waals surface area contributed by atoms with Gasteiger partial charge in [0.25, 0.3) is 0 Å². The van der Waals surface area contributed by atoms with Crippen molar-refractivity contribution in [3.05, 3.63) is 115 Å². The summed E-state index contributed by atoms with van der Waals surface area (Å²) in [6.45, 7) is 0. The molecule has 35 heavy (non-hydrogen) atoms. The van der Waals surface area contributed by atoms with E-state index in [1.54, 1.807) is 0 Å². The SMILES string of the molecule is c1ccc(-c2ccc3c(c2)c2ccccc2n3-c2cc3cccc4c3c(n2)-c2ncccc2-4)cc1. The lowest BCUT2D eigenvalue weighted by atomic mass is 10.0. The van der Waals surface area contributed by atoms with E-state index in [2.05, 4.69) is 108 Å². The second-order valence-corrected chi connectivity index (χ2v) is 9.08. The molecule has 0 saturated heterocycles. The largest absolute Gasteiger partial charge is 0.294 e. The molecule has 3 aromatic heterocycles. The minimum Gasteiger partial charge on any atom is -0.294 e. The van der Waals surface area contributed by atoms with Gasteiger partial charge in [-0.25, -0.2) is 4.98 Å². The molecule has 0 atom stereocenters. The molecule has 0 fully saturated rings.